The zero-order valence-corrected chi connectivity index (χ0v) is 11.1. The molecule has 0 aliphatic carbocycles. The highest BCUT2D eigenvalue weighted by Crippen LogP contribution is 2.28. The van der Waals surface area contributed by atoms with Gasteiger partial charge in [0, 0.05) is 19.6 Å². The molecule has 1 aromatic heterocycles. The quantitative estimate of drug-likeness (QED) is 0.849. The average molecular weight is 237 g/mol. The SMILES string of the molecule is CCCNC(c1cc(C)nn1C)C1CCOC1. The molecule has 1 N–H and O–H groups in total. The maximum absolute atomic E-state index is 5.52. The van der Waals surface area contributed by atoms with Crippen LogP contribution in [0, 0.1) is 12.8 Å². The molecule has 2 rings (SSSR count). The Balaban J connectivity index is 2.16. The minimum atomic E-state index is 0.378. The van der Waals surface area contributed by atoms with Crippen LogP contribution in [0.2, 0.25) is 0 Å². The number of ether oxygens (including phenoxy) is 1. The highest BCUT2D eigenvalue weighted by atomic mass is 16.5. The molecule has 2 unspecified atom stereocenters. The summed E-state index contributed by atoms with van der Waals surface area (Å²) in [7, 11) is 2.03. The van der Waals surface area contributed by atoms with Crippen molar-refractivity contribution < 1.29 is 4.74 Å². The number of rotatable bonds is 5. The Kier molecular flexibility index (Phi) is 4.18. The van der Waals surface area contributed by atoms with E-state index in [-0.39, 0.29) is 0 Å². The van der Waals surface area contributed by atoms with Crippen LogP contribution in [0.15, 0.2) is 6.07 Å². The first-order chi connectivity index (χ1) is 8.22. The summed E-state index contributed by atoms with van der Waals surface area (Å²) < 4.78 is 7.52. The van der Waals surface area contributed by atoms with Crippen LogP contribution in [0.5, 0.6) is 0 Å². The molecule has 0 amide bonds. The van der Waals surface area contributed by atoms with Gasteiger partial charge in [0.25, 0.3) is 0 Å². The largest absolute Gasteiger partial charge is 0.381 e. The minimum absolute atomic E-state index is 0.378. The summed E-state index contributed by atoms with van der Waals surface area (Å²) in [6.45, 7) is 7.05. The minimum Gasteiger partial charge on any atom is -0.381 e. The molecule has 2 atom stereocenters. The second-order valence-corrected chi connectivity index (χ2v) is 4.89. The zero-order valence-electron chi connectivity index (χ0n) is 11.1. The molecule has 0 spiro atoms. The summed E-state index contributed by atoms with van der Waals surface area (Å²) >= 11 is 0. The maximum Gasteiger partial charge on any atom is 0.0597 e. The Labute approximate surface area is 103 Å². The van der Waals surface area contributed by atoms with Crippen molar-refractivity contribution in [3.63, 3.8) is 0 Å². The van der Waals surface area contributed by atoms with Gasteiger partial charge in [-0.05, 0) is 32.4 Å². The number of nitrogens with zero attached hydrogens (tertiary/aromatic N) is 2. The van der Waals surface area contributed by atoms with Gasteiger partial charge in [-0.25, -0.2) is 0 Å². The molecule has 0 saturated carbocycles. The summed E-state index contributed by atoms with van der Waals surface area (Å²) in [6, 6.07) is 2.56. The van der Waals surface area contributed by atoms with Crippen molar-refractivity contribution in [2.75, 3.05) is 19.8 Å². The first-order valence-electron chi connectivity index (χ1n) is 6.54. The van der Waals surface area contributed by atoms with Crippen molar-refractivity contribution in [1.82, 2.24) is 15.1 Å². The third-order valence-electron chi connectivity index (χ3n) is 3.41. The third-order valence-corrected chi connectivity index (χ3v) is 3.41. The zero-order chi connectivity index (χ0) is 12.3. The normalized spacial score (nSPS) is 21.9. The Hall–Kier alpha value is -0.870. The second kappa shape index (κ2) is 5.65. The predicted molar refractivity (Wildman–Crippen MR) is 67.9 cm³/mol. The van der Waals surface area contributed by atoms with Crippen LogP contribution in [0.4, 0.5) is 0 Å². The summed E-state index contributed by atoms with van der Waals surface area (Å²) in [4.78, 5) is 0. The summed E-state index contributed by atoms with van der Waals surface area (Å²) in [5.74, 6) is 0.580. The highest BCUT2D eigenvalue weighted by Gasteiger charge is 2.28. The molecule has 1 fully saturated rings. The first-order valence-corrected chi connectivity index (χ1v) is 6.54. The van der Waals surface area contributed by atoms with E-state index in [2.05, 4.69) is 23.4 Å². The number of aryl methyl sites for hydroxylation is 2. The maximum atomic E-state index is 5.52. The molecule has 2 heterocycles. The fraction of sp³-hybridized carbons (Fsp3) is 0.769. The topological polar surface area (TPSA) is 39.1 Å². The van der Waals surface area contributed by atoms with E-state index in [4.69, 9.17) is 4.74 Å². The Morgan fingerprint density at radius 3 is 3.00 bits per heavy atom. The van der Waals surface area contributed by atoms with Crippen molar-refractivity contribution in [3.8, 4) is 0 Å². The first kappa shape index (κ1) is 12.6. The Morgan fingerprint density at radius 1 is 1.65 bits per heavy atom. The molecule has 0 radical (unpaired) electrons. The predicted octanol–water partition coefficient (Wildman–Crippen LogP) is 1.81. The van der Waals surface area contributed by atoms with Gasteiger partial charge in [-0.3, -0.25) is 4.68 Å². The van der Waals surface area contributed by atoms with E-state index >= 15 is 0 Å². The van der Waals surface area contributed by atoms with E-state index in [0.29, 0.717) is 12.0 Å². The molecule has 1 aromatic rings. The molecular weight excluding hydrogens is 214 g/mol. The van der Waals surface area contributed by atoms with Gasteiger partial charge in [-0.15, -0.1) is 0 Å². The van der Waals surface area contributed by atoms with Crippen molar-refractivity contribution in [3.05, 3.63) is 17.5 Å². The van der Waals surface area contributed by atoms with E-state index in [1.165, 1.54) is 5.69 Å². The number of hydrogen-bond acceptors (Lipinski definition) is 3. The lowest BCUT2D eigenvalue weighted by atomic mass is 9.95. The molecule has 1 aliphatic heterocycles. The summed E-state index contributed by atoms with van der Waals surface area (Å²) in [6.07, 6.45) is 2.30. The van der Waals surface area contributed by atoms with Gasteiger partial charge < -0.3 is 10.1 Å². The van der Waals surface area contributed by atoms with E-state index in [9.17, 15) is 0 Å². The number of aromatic nitrogens is 2. The average Bonchev–Trinajstić information content (AvgIpc) is 2.90. The molecule has 0 aromatic carbocycles. The highest BCUT2D eigenvalue weighted by molar-refractivity contribution is 5.14. The van der Waals surface area contributed by atoms with Crippen LogP contribution in [0.25, 0.3) is 0 Å². The lowest BCUT2D eigenvalue weighted by Crippen LogP contribution is -2.31. The molecule has 0 bridgehead atoms. The van der Waals surface area contributed by atoms with Crippen molar-refractivity contribution >= 4 is 0 Å². The van der Waals surface area contributed by atoms with Gasteiger partial charge in [0.2, 0.25) is 0 Å². The van der Waals surface area contributed by atoms with Crippen LogP contribution in [-0.4, -0.2) is 29.5 Å². The Bertz CT molecular complexity index is 356. The van der Waals surface area contributed by atoms with Crippen LogP contribution < -0.4 is 5.32 Å². The monoisotopic (exact) mass is 237 g/mol. The van der Waals surface area contributed by atoms with Gasteiger partial charge in [0.1, 0.15) is 0 Å². The van der Waals surface area contributed by atoms with Gasteiger partial charge in [-0.2, -0.15) is 5.10 Å². The summed E-state index contributed by atoms with van der Waals surface area (Å²) in [5, 5.41) is 8.09. The standard InChI is InChI=1S/C13H23N3O/c1-4-6-14-13(11-5-7-17-9-11)12-8-10(2)15-16(12)3/h8,11,13-14H,4-7,9H2,1-3H3. The fourth-order valence-electron chi connectivity index (χ4n) is 2.55. The smallest absolute Gasteiger partial charge is 0.0597 e. The fourth-order valence-corrected chi connectivity index (χ4v) is 2.55. The van der Waals surface area contributed by atoms with E-state index in [1.54, 1.807) is 0 Å². The molecule has 96 valence electrons. The van der Waals surface area contributed by atoms with Crippen molar-refractivity contribution in [1.29, 1.82) is 0 Å². The Morgan fingerprint density at radius 2 is 2.47 bits per heavy atom. The summed E-state index contributed by atoms with van der Waals surface area (Å²) in [5.41, 5.74) is 2.37. The van der Waals surface area contributed by atoms with Crippen LogP contribution >= 0.6 is 0 Å². The van der Waals surface area contributed by atoms with E-state index in [0.717, 1.165) is 38.3 Å². The second-order valence-electron chi connectivity index (χ2n) is 4.89. The molecular formula is C13H23N3O. The lowest BCUT2D eigenvalue weighted by Gasteiger charge is -2.23. The molecule has 17 heavy (non-hydrogen) atoms. The van der Waals surface area contributed by atoms with Gasteiger partial charge in [0.05, 0.1) is 24.0 Å². The van der Waals surface area contributed by atoms with Crippen molar-refractivity contribution in [2.45, 2.75) is 32.7 Å². The van der Waals surface area contributed by atoms with Crippen molar-refractivity contribution in [2.24, 2.45) is 13.0 Å². The molecule has 1 saturated heterocycles. The third kappa shape index (κ3) is 2.87. The van der Waals surface area contributed by atoms with Crippen LogP contribution in [0.3, 0.4) is 0 Å². The number of hydrogen-bond donors (Lipinski definition) is 1. The molecule has 4 heteroatoms. The lowest BCUT2D eigenvalue weighted by molar-refractivity contribution is 0.175. The van der Waals surface area contributed by atoms with Crippen LogP contribution in [-0.2, 0) is 11.8 Å². The van der Waals surface area contributed by atoms with Gasteiger partial charge in [0.15, 0.2) is 0 Å². The van der Waals surface area contributed by atoms with Crippen LogP contribution in [0.1, 0.15) is 37.2 Å². The number of nitrogens with one attached hydrogen (secondary N) is 1. The van der Waals surface area contributed by atoms with E-state index < -0.39 is 0 Å². The van der Waals surface area contributed by atoms with E-state index in [1.807, 2.05) is 18.7 Å². The molecule has 4 nitrogen and oxygen atoms in total. The molecule has 1 aliphatic rings. The van der Waals surface area contributed by atoms with Gasteiger partial charge in [-0.1, -0.05) is 6.92 Å². The van der Waals surface area contributed by atoms with Gasteiger partial charge >= 0.3 is 0 Å².